The minimum Gasteiger partial charge on any atom is -0.457 e. The highest BCUT2D eigenvalue weighted by Gasteiger charge is 2.18. The van der Waals surface area contributed by atoms with Gasteiger partial charge in [-0.3, -0.25) is 4.98 Å². The van der Waals surface area contributed by atoms with Crippen molar-refractivity contribution in [3.8, 4) is 34.0 Å². The third-order valence-corrected chi connectivity index (χ3v) is 8.62. The Balaban J connectivity index is 1.34. The van der Waals surface area contributed by atoms with E-state index in [1.807, 2.05) is 43.5 Å². The van der Waals surface area contributed by atoms with Crippen LogP contribution in [0.2, 0.25) is 0 Å². The van der Waals surface area contributed by atoms with Gasteiger partial charge in [0.2, 0.25) is 0 Å². The summed E-state index contributed by atoms with van der Waals surface area (Å²) in [5.74, 6) is 1.52. The van der Waals surface area contributed by atoms with Gasteiger partial charge in [-0.05, 0) is 77.8 Å². The minimum atomic E-state index is 0.0552. The second kappa shape index (κ2) is 10.6. The fourth-order valence-corrected chi connectivity index (χ4v) is 6.74. The van der Waals surface area contributed by atoms with Crippen LogP contribution in [0.3, 0.4) is 0 Å². The first-order valence-corrected chi connectivity index (χ1v) is 15.3. The lowest BCUT2D eigenvalue weighted by molar-refractivity contribution is 0.411. The number of hydrogen-bond acceptors (Lipinski definition) is 5. The summed E-state index contributed by atoms with van der Waals surface area (Å²) in [5, 5.41) is 11.7. The van der Waals surface area contributed by atoms with E-state index in [2.05, 4.69) is 105 Å². The van der Waals surface area contributed by atoms with Gasteiger partial charge in [0.25, 0.3) is 0 Å². The van der Waals surface area contributed by atoms with Gasteiger partial charge in [0, 0.05) is 32.8 Å². The van der Waals surface area contributed by atoms with Crippen LogP contribution in [0.4, 0.5) is 0 Å². The summed E-state index contributed by atoms with van der Waals surface area (Å²) < 4.78 is 8.82. The first-order chi connectivity index (χ1) is 19.9. The highest BCUT2D eigenvalue weighted by atomic mass is 32.1. The van der Waals surface area contributed by atoms with Gasteiger partial charge in [-0.2, -0.15) is 5.10 Å². The molecule has 0 N–H and O–H groups in total. The average Bonchev–Trinajstić information content (AvgIpc) is 3.32. The summed E-state index contributed by atoms with van der Waals surface area (Å²) in [7, 11) is 0. The SMILES string of the molecule is Cc1nnc(-c2cccc(Oc3cccc(-c4cc(C(C)(C)C)ccn4)c3)c2)c2sc3cc(CC(C)(C)C)ccc3c12. The Labute approximate surface area is 252 Å². The second-order valence-electron chi connectivity index (χ2n) is 13.3. The van der Waals surface area contributed by atoms with Crippen molar-refractivity contribution in [3.63, 3.8) is 0 Å². The van der Waals surface area contributed by atoms with Gasteiger partial charge in [0.1, 0.15) is 17.2 Å². The van der Waals surface area contributed by atoms with Crippen molar-refractivity contribution in [2.24, 2.45) is 5.41 Å². The normalized spacial score (nSPS) is 12.3. The zero-order chi connectivity index (χ0) is 29.6. The van der Waals surface area contributed by atoms with Crippen molar-refractivity contribution in [3.05, 3.63) is 102 Å². The predicted molar refractivity (Wildman–Crippen MR) is 177 cm³/mol. The van der Waals surface area contributed by atoms with Gasteiger partial charge < -0.3 is 4.74 Å². The van der Waals surface area contributed by atoms with Crippen molar-refractivity contribution in [2.75, 3.05) is 0 Å². The number of rotatable bonds is 5. The third kappa shape index (κ3) is 5.79. The molecule has 3 aromatic carbocycles. The molecule has 0 aliphatic carbocycles. The molecule has 0 fully saturated rings. The summed E-state index contributed by atoms with van der Waals surface area (Å²) in [6.45, 7) is 15.5. The number of aromatic nitrogens is 3. The number of benzene rings is 3. The average molecular weight is 572 g/mol. The second-order valence-corrected chi connectivity index (χ2v) is 14.4. The molecule has 5 heteroatoms. The fraction of sp³-hybridized carbons (Fsp3) is 0.270. The number of thiophene rings is 1. The Hall–Kier alpha value is -4.09. The molecule has 0 unspecified atom stereocenters. The summed E-state index contributed by atoms with van der Waals surface area (Å²) in [5.41, 5.74) is 7.70. The molecule has 3 heterocycles. The van der Waals surface area contributed by atoms with Crippen LogP contribution in [0.15, 0.2) is 85.1 Å². The third-order valence-electron chi connectivity index (χ3n) is 7.46. The number of aryl methyl sites for hydroxylation is 1. The van der Waals surface area contributed by atoms with E-state index < -0.39 is 0 Å². The van der Waals surface area contributed by atoms with Gasteiger partial charge in [-0.25, -0.2) is 0 Å². The highest BCUT2D eigenvalue weighted by molar-refractivity contribution is 7.26. The van der Waals surface area contributed by atoms with Crippen molar-refractivity contribution in [1.29, 1.82) is 0 Å². The lowest BCUT2D eigenvalue weighted by Crippen LogP contribution is -2.11. The maximum absolute atomic E-state index is 6.38. The van der Waals surface area contributed by atoms with E-state index in [0.717, 1.165) is 50.8 Å². The van der Waals surface area contributed by atoms with Crippen molar-refractivity contribution >= 4 is 31.5 Å². The van der Waals surface area contributed by atoms with Crippen LogP contribution in [0.25, 0.3) is 42.7 Å². The Morgan fingerprint density at radius 2 is 1.48 bits per heavy atom. The molecule has 212 valence electrons. The largest absolute Gasteiger partial charge is 0.457 e. The predicted octanol–water partition coefficient (Wildman–Crippen LogP) is 10.6. The smallest absolute Gasteiger partial charge is 0.128 e. The summed E-state index contributed by atoms with van der Waals surface area (Å²) in [4.78, 5) is 4.63. The van der Waals surface area contributed by atoms with E-state index in [4.69, 9.17) is 4.74 Å². The molecule has 0 bridgehead atoms. The molecular weight excluding hydrogens is 534 g/mol. The van der Waals surface area contributed by atoms with Crippen LogP contribution in [-0.4, -0.2) is 15.2 Å². The van der Waals surface area contributed by atoms with Gasteiger partial charge in [0.15, 0.2) is 0 Å². The van der Waals surface area contributed by atoms with Crippen LogP contribution in [0.1, 0.15) is 58.4 Å². The first kappa shape index (κ1) is 28.0. The molecule has 0 aliphatic heterocycles. The van der Waals surface area contributed by atoms with E-state index in [1.54, 1.807) is 11.3 Å². The molecule has 42 heavy (non-hydrogen) atoms. The Kier molecular flexibility index (Phi) is 7.10. The van der Waals surface area contributed by atoms with Gasteiger partial charge in [-0.1, -0.05) is 77.9 Å². The van der Waals surface area contributed by atoms with E-state index in [-0.39, 0.29) is 10.8 Å². The number of fused-ring (bicyclic) bond motifs is 3. The lowest BCUT2D eigenvalue weighted by Gasteiger charge is -2.19. The van der Waals surface area contributed by atoms with E-state index >= 15 is 0 Å². The van der Waals surface area contributed by atoms with Crippen molar-refractivity contribution in [1.82, 2.24) is 15.2 Å². The maximum atomic E-state index is 6.38. The van der Waals surface area contributed by atoms with Crippen LogP contribution < -0.4 is 4.74 Å². The number of hydrogen-bond donors (Lipinski definition) is 0. The molecule has 0 radical (unpaired) electrons. The summed E-state index contributed by atoms with van der Waals surface area (Å²) in [6, 6.07) is 27.4. The number of nitrogens with zero attached hydrogens (tertiary/aromatic N) is 3. The van der Waals surface area contributed by atoms with Crippen LogP contribution in [-0.2, 0) is 11.8 Å². The fourth-order valence-electron chi connectivity index (χ4n) is 5.42. The molecule has 6 rings (SSSR count). The summed E-state index contributed by atoms with van der Waals surface area (Å²) in [6.07, 6.45) is 2.92. The van der Waals surface area contributed by atoms with Gasteiger partial charge >= 0.3 is 0 Å². The molecule has 0 aliphatic rings. The highest BCUT2D eigenvalue weighted by Crippen LogP contribution is 2.41. The maximum Gasteiger partial charge on any atom is 0.128 e. The van der Waals surface area contributed by atoms with E-state index in [1.165, 1.54) is 26.6 Å². The topological polar surface area (TPSA) is 47.9 Å². The zero-order valence-corrected chi connectivity index (χ0v) is 26.3. The Bertz CT molecular complexity index is 1920. The van der Waals surface area contributed by atoms with E-state index in [0.29, 0.717) is 0 Å². The molecule has 0 saturated heterocycles. The first-order valence-electron chi connectivity index (χ1n) is 14.5. The minimum absolute atomic E-state index is 0.0552. The van der Waals surface area contributed by atoms with Crippen molar-refractivity contribution < 1.29 is 4.74 Å². The molecule has 4 nitrogen and oxygen atoms in total. The molecule has 0 spiro atoms. The van der Waals surface area contributed by atoms with Gasteiger partial charge in [-0.15, -0.1) is 16.4 Å². The molecular formula is C37H37N3OS. The molecule has 0 amide bonds. The Morgan fingerprint density at radius 3 is 2.19 bits per heavy atom. The lowest BCUT2D eigenvalue weighted by atomic mass is 9.87. The summed E-state index contributed by atoms with van der Waals surface area (Å²) >= 11 is 1.80. The van der Waals surface area contributed by atoms with Gasteiger partial charge in [0.05, 0.1) is 16.1 Å². The van der Waals surface area contributed by atoms with Crippen LogP contribution in [0.5, 0.6) is 11.5 Å². The standard InChI is InChI=1S/C37H37N3OS/c1-23-33-30-15-14-24(22-36(2,3)4)18-32(30)42-35(33)34(40-39-23)26-11-9-13-29(20-26)41-28-12-8-10-25(19-28)31-21-27(16-17-38-31)37(5,6)7/h8-21H,22H2,1-7H3. The number of pyridine rings is 1. The molecule has 0 saturated carbocycles. The van der Waals surface area contributed by atoms with E-state index in [9.17, 15) is 0 Å². The molecule has 0 atom stereocenters. The molecule has 3 aromatic heterocycles. The van der Waals surface area contributed by atoms with Crippen LogP contribution in [0, 0.1) is 12.3 Å². The van der Waals surface area contributed by atoms with Crippen LogP contribution >= 0.6 is 11.3 Å². The monoisotopic (exact) mass is 571 g/mol. The molecule has 6 aromatic rings. The number of ether oxygens (including phenoxy) is 1. The quantitative estimate of drug-likeness (QED) is 0.206. The zero-order valence-electron chi connectivity index (χ0n) is 25.4. The van der Waals surface area contributed by atoms with Crippen molar-refractivity contribution in [2.45, 2.75) is 60.3 Å². The Morgan fingerprint density at radius 1 is 0.762 bits per heavy atom.